The fraction of sp³-hybridized carbons (Fsp3) is 0.576. The third kappa shape index (κ3) is 5.95. The highest BCUT2D eigenvalue weighted by molar-refractivity contribution is 6.31. The average Bonchev–Trinajstić information content (AvgIpc) is 3.35. The van der Waals surface area contributed by atoms with Crippen molar-refractivity contribution in [2.45, 2.75) is 115 Å². The van der Waals surface area contributed by atoms with E-state index in [1.54, 1.807) is 24.3 Å². The summed E-state index contributed by atoms with van der Waals surface area (Å²) in [5, 5.41) is 10.3. The van der Waals surface area contributed by atoms with E-state index in [-0.39, 0.29) is 45.6 Å². The number of nitrogens with one attached hydrogen (secondary N) is 3. The zero-order valence-corrected chi connectivity index (χ0v) is 26.8. The van der Waals surface area contributed by atoms with E-state index in [1.807, 2.05) is 6.07 Å². The maximum absolute atomic E-state index is 15.9. The smallest absolute Gasteiger partial charge is 0.238 e. The molecular formula is C33H42Cl2FN3O3. The van der Waals surface area contributed by atoms with Crippen molar-refractivity contribution in [1.82, 2.24) is 10.6 Å². The zero-order chi connectivity index (χ0) is 30.6. The van der Waals surface area contributed by atoms with Gasteiger partial charge in [-0.2, -0.15) is 0 Å². The third-order valence-electron chi connectivity index (χ3n) is 8.76. The first-order chi connectivity index (χ1) is 19.6. The number of halogens is 3. The van der Waals surface area contributed by atoms with Crippen molar-refractivity contribution in [2.24, 2.45) is 5.41 Å². The molecule has 1 saturated heterocycles. The van der Waals surface area contributed by atoms with Crippen LogP contribution in [0.5, 0.6) is 0 Å². The van der Waals surface area contributed by atoms with Crippen molar-refractivity contribution in [3.63, 3.8) is 0 Å². The second-order valence-electron chi connectivity index (χ2n) is 14.3. The molecular weight excluding hydrogens is 576 g/mol. The van der Waals surface area contributed by atoms with Crippen LogP contribution in [0, 0.1) is 11.2 Å². The Morgan fingerprint density at radius 1 is 1.07 bits per heavy atom. The molecule has 3 N–H and O–H groups in total. The molecule has 9 heteroatoms. The van der Waals surface area contributed by atoms with Crippen LogP contribution in [0.1, 0.15) is 90.7 Å². The van der Waals surface area contributed by atoms with Crippen LogP contribution in [-0.4, -0.2) is 41.6 Å². The number of carbonyl (C=O) groups is 2. The lowest BCUT2D eigenvalue weighted by Crippen LogP contribution is -2.50. The second kappa shape index (κ2) is 11.4. The molecule has 3 aliphatic rings. The second-order valence-corrected chi connectivity index (χ2v) is 15.2. The van der Waals surface area contributed by atoms with Gasteiger partial charge in [-0.25, -0.2) is 4.39 Å². The molecule has 2 aliphatic heterocycles. The van der Waals surface area contributed by atoms with Gasteiger partial charge >= 0.3 is 0 Å². The van der Waals surface area contributed by atoms with Gasteiger partial charge < -0.3 is 20.7 Å². The molecule has 2 amide bonds. The molecule has 0 radical (unpaired) electrons. The molecule has 2 heterocycles. The summed E-state index contributed by atoms with van der Waals surface area (Å²) in [6.07, 6.45) is 3.99. The van der Waals surface area contributed by atoms with Gasteiger partial charge in [-0.1, -0.05) is 62.2 Å². The number of fused-ring (bicyclic) bond motifs is 2. The number of amides is 2. The summed E-state index contributed by atoms with van der Waals surface area (Å²) in [6.45, 7) is 12.4. The Kier molecular flexibility index (Phi) is 8.47. The van der Waals surface area contributed by atoms with E-state index in [4.69, 9.17) is 27.9 Å². The van der Waals surface area contributed by atoms with E-state index >= 15 is 4.39 Å². The molecule has 4 atom stereocenters. The van der Waals surface area contributed by atoms with E-state index < -0.39 is 29.2 Å². The van der Waals surface area contributed by atoms with Crippen molar-refractivity contribution in [3.8, 4) is 0 Å². The summed E-state index contributed by atoms with van der Waals surface area (Å²) in [4.78, 5) is 28.5. The molecule has 0 aromatic heterocycles. The minimum absolute atomic E-state index is 0.0370. The molecule has 1 spiro atoms. The van der Waals surface area contributed by atoms with Crippen molar-refractivity contribution in [3.05, 3.63) is 63.4 Å². The Bertz CT molecular complexity index is 1360. The fourth-order valence-electron chi connectivity index (χ4n) is 7.27. The third-order valence-corrected chi connectivity index (χ3v) is 9.29. The predicted molar refractivity (Wildman–Crippen MR) is 166 cm³/mol. The summed E-state index contributed by atoms with van der Waals surface area (Å²) < 4.78 is 22.1. The topological polar surface area (TPSA) is 79.5 Å². The first-order valence-corrected chi connectivity index (χ1v) is 15.7. The molecule has 1 aliphatic carbocycles. The van der Waals surface area contributed by atoms with Crippen LogP contribution in [0.25, 0.3) is 0 Å². The highest BCUT2D eigenvalue weighted by Gasteiger charge is 2.66. The van der Waals surface area contributed by atoms with Crippen molar-refractivity contribution >= 4 is 40.7 Å². The van der Waals surface area contributed by atoms with Crippen molar-refractivity contribution in [1.29, 1.82) is 0 Å². The lowest BCUT2D eigenvalue weighted by Gasteiger charge is -2.38. The van der Waals surface area contributed by atoms with Gasteiger partial charge in [0.1, 0.15) is 11.2 Å². The van der Waals surface area contributed by atoms with Gasteiger partial charge in [0, 0.05) is 28.7 Å². The summed E-state index contributed by atoms with van der Waals surface area (Å²) in [6, 6.07) is 8.72. The minimum Gasteiger partial charge on any atom is -0.373 e. The Hall–Kier alpha value is -2.19. The van der Waals surface area contributed by atoms with Crippen molar-refractivity contribution in [2.75, 3.05) is 5.32 Å². The molecule has 6 nitrogen and oxygen atoms in total. The number of anilines is 1. The maximum Gasteiger partial charge on any atom is 0.238 e. The molecule has 2 aromatic rings. The lowest BCUT2D eigenvalue weighted by molar-refractivity contribution is -0.125. The first kappa shape index (κ1) is 31.2. The van der Waals surface area contributed by atoms with E-state index in [2.05, 4.69) is 57.5 Å². The normalized spacial score (nSPS) is 29.5. The maximum atomic E-state index is 15.9. The largest absolute Gasteiger partial charge is 0.373 e. The highest BCUT2D eigenvalue weighted by Crippen LogP contribution is 2.57. The average molecular weight is 619 g/mol. The number of rotatable bonds is 5. The van der Waals surface area contributed by atoms with E-state index in [0.717, 1.165) is 25.7 Å². The number of hydrogen-bond donors (Lipinski definition) is 3. The molecule has 2 fully saturated rings. The van der Waals surface area contributed by atoms with Crippen molar-refractivity contribution < 1.29 is 18.7 Å². The van der Waals surface area contributed by atoms with Gasteiger partial charge in [-0.3, -0.25) is 9.59 Å². The monoisotopic (exact) mass is 617 g/mol. The number of ether oxygens (including phenoxy) is 1. The number of benzene rings is 2. The molecule has 0 bridgehead atoms. The molecule has 1 saturated carbocycles. The van der Waals surface area contributed by atoms with Crippen LogP contribution in [0.15, 0.2) is 36.4 Å². The van der Waals surface area contributed by atoms with E-state index in [1.165, 1.54) is 6.07 Å². The zero-order valence-electron chi connectivity index (χ0n) is 25.2. The first-order valence-electron chi connectivity index (χ1n) is 14.9. The number of carbonyl (C=O) groups excluding carboxylic acids is 2. The highest BCUT2D eigenvalue weighted by atomic mass is 35.5. The summed E-state index contributed by atoms with van der Waals surface area (Å²) in [5.41, 5.74) is -0.154. The summed E-state index contributed by atoms with van der Waals surface area (Å²) in [5.74, 6) is -1.99. The Labute approximate surface area is 258 Å². The van der Waals surface area contributed by atoms with Crippen LogP contribution in [0.3, 0.4) is 0 Å². The van der Waals surface area contributed by atoms with Gasteiger partial charge in [0.05, 0.1) is 22.8 Å². The molecule has 0 unspecified atom stereocenters. The molecule has 2 aromatic carbocycles. The lowest BCUT2D eigenvalue weighted by atomic mass is 9.62. The van der Waals surface area contributed by atoms with Crippen LogP contribution >= 0.6 is 23.2 Å². The number of hydrogen-bond acceptors (Lipinski definition) is 4. The van der Waals surface area contributed by atoms with Gasteiger partial charge in [0.15, 0.2) is 0 Å². The predicted octanol–water partition coefficient (Wildman–Crippen LogP) is 7.13. The minimum atomic E-state index is -1.26. The van der Waals surface area contributed by atoms with Gasteiger partial charge in [-0.15, -0.1) is 0 Å². The quantitative estimate of drug-likeness (QED) is 0.333. The standard InChI is InChI=1S/C33H42Cl2FN3O3/c1-31(2,3)17-25-33(22-15-10-18(34)16-24(22)38-30(33)41)26(21-8-7-9-23(35)27(21)36)28(39-25)29(40)37-19-11-13-20(14-12-19)42-32(4,5)6/h7-10,15-16,19-20,25-26,28,39H,11-14,17H2,1-6H3,(H,37,40)(H,38,41)/t19?,20?,25-,26-,28+,33+/m0/s1. The van der Waals surface area contributed by atoms with Gasteiger partial charge in [0.2, 0.25) is 11.8 Å². The Balaban J connectivity index is 1.55. The Morgan fingerprint density at radius 3 is 2.40 bits per heavy atom. The van der Waals surface area contributed by atoms with E-state index in [0.29, 0.717) is 22.7 Å². The molecule has 42 heavy (non-hydrogen) atoms. The summed E-state index contributed by atoms with van der Waals surface area (Å²) in [7, 11) is 0. The van der Waals surface area contributed by atoms with Crippen LogP contribution < -0.4 is 16.0 Å². The van der Waals surface area contributed by atoms with Gasteiger partial charge in [0.25, 0.3) is 0 Å². The van der Waals surface area contributed by atoms with Crippen LogP contribution in [-0.2, 0) is 19.7 Å². The fourth-order valence-corrected chi connectivity index (χ4v) is 7.62. The SMILES string of the molecule is CC(C)(C)C[C@@H]1N[C@@H](C(=O)NC2CCC(OC(C)(C)C)CC2)[C@H](c2cccc(Cl)c2F)[C@]12C(=O)Nc1cc(Cl)ccc12. The van der Waals surface area contributed by atoms with Crippen LogP contribution in [0.4, 0.5) is 10.1 Å². The summed E-state index contributed by atoms with van der Waals surface area (Å²) >= 11 is 12.6. The van der Waals surface area contributed by atoms with Gasteiger partial charge in [-0.05, 0) is 87.6 Å². The Morgan fingerprint density at radius 2 is 1.76 bits per heavy atom. The van der Waals surface area contributed by atoms with E-state index in [9.17, 15) is 9.59 Å². The molecule has 228 valence electrons. The molecule has 5 rings (SSSR count). The van der Waals surface area contributed by atoms with Crippen LogP contribution in [0.2, 0.25) is 10.0 Å².